The van der Waals surface area contributed by atoms with Crippen molar-refractivity contribution in [2.45, 2.75) is 6.92 Å². The van der Waals surface area contributed by atoms with E-state index in [0.717, 1.165) is 11.1 Å². The van der Waals surface area contributed by atoms with Gasteiger partial charge in [0.15, 0.2) is 10.9 Å². The molecule has 0 bridgehead atoms. The highest BCUT2D eigenvalue weighted by molar-refractivity contribution is 6.31. The van der Waals surface area contributed by atoms with Gasteiger partial charge in [-0.3, -0.25) is 0 Å². The molecular formula is C13H13ClN2O2. The number of aryl methyl sites for hydroxylation is 1. The second-order valence-electron chi connectivity index (χ2n) is 3.75. The largest absolute Gasteiger partial charge is 0.496 e. The number of nitrogens with zero attached hydrogens (tertiary/aromatic N) is 2. The maximum absolute atomic E-state index is 6.00. The van der Waals surface area contributed by atoms with Crippen molar-refractivity contribution in [1.82, 2.24) is 9.97 Å². The molecule has 5 heteroatoms. The van der Waals surface area contributed by atoms with E-state index in [2.05, 4.69) is 9.97 Å². The third-order valence-corrected chi connectivity index (χ3v) is 2.84. The summed E-state index contributed by atoms with van der Waals surface area (Å²) in [4.78, 5) is 8.13. The zero-order valence-corrected chi connectivity index (χ0v) is 11.2. The van der Waals surface area contributed by atoms with Gasteiger partial charge in [-0.1, -0.05) is 23.2 Å². The van der Waals surface area contributed by atoms with Crippen LogP contribution >= 0.6 is 11.6 Å². The SMILES string of the molecule is COc1ccc(C)cc1-c1ncnc(Cl)c1OC. The molecule has 0 N–H and O–H groups in total. The molecule has 0 aliphatic heterocycles. The van der Waals surface area contributed by atoms with Crippen LogP contribution in [-0.2, 0) is 0 Å². The summed E-state index contributed by atoms with van der Waals surface area (Å²) in [7, 11) is 3.15. The van der Waals surface area contributed by atoms with Crippen LogP contribution in [0.4, 0.5) is 0 Å². The molecule has 0 aliphatic carbocycles. The highest BCUT2D eigenvalue weighted by Gasteiger charge is 2.16. The standard InChI is InChI=1S/C13H13ClN2O2/c1-8-4-5-10(17-2)9(6-8)11-12(18-3)13(14)16-7-15-11/h4-7H,1-3H3. The van der Waals surface area contributed by atoms with E-state index in [1.807, 2.05) is 25.1 Å². The van der Waals surface area contributed by atoms with Gasteiger partial charge in [0.1, 0.15) is 17.8 Å². The van der Waals surface area contributed by atoms with Crippen LogP contribution in [0.3, 0.4) is 0 Å². The van der Waals surface area contributed by atoms with E-state index in [1.54, 1.807) is 7.11 Å². The molecule has 94 valence electrons. The lowest BCUT2D eigenvalue weighted by molar-refractivity contribution is 0.407. The van der Waals surface area contributed by atoms with E-state index in [4.69, 9.17) is 21.1 Å². The molecule has 18 heavy (non-hydrogen) atoms. The maximum Gasteiger partial charge on any atom is 0.182 e. The summed E-state index contributed by atoms with van der Waals surface area (Å²) in [6.07, 6.45) is 1.40. The van der Waals surface area contributed by atoms with Crippen molar-refractivity contribution in [3.63, 3.8) is 0 Å². The van der Waals surface area contributed by atoms with Gasteiger partial charge >= 0.3 is 0 Å². The zero-order chi connectivity index (χ0) is 13.1. The van der Waals surface area contributed by atoms with Gasteiger partial charge in [0.05, 0.1) is 14.2 Å². The Labute approximate surface area is 111 Å². The van der Waals surface area contributed by atoms with Crippen LogP contribution < -0.4 is 9.47 Å². The van der Waals surface area contributed by atoms with Gasteiger partial charge in [-0.05, 0) is 19.1 Å². The highest BCUT2D eigenvalue weighted by atomic mass is 35.5. The predicted octanol–water partition coefficient (Wildman–Crippen LogP) is 3.12. The molecule has 1 aromatic carbocycles. The fourth-order valence-corrected chi connectivity index (χ4v) is 1.94. The molecule has 0 aliphatic rings. The first-order valence-electron chi connectivity index (χ1n) is 5.37. The Morgan fingerprint density at radius 3 is 2.56 bits per heavy atom. The average molecular weight is 265 g/mol. The molecule has 2 rings (SSSR count). The summed E-state index contributed by atoms with van der Waals surface area (Å²) in [5.74, 6) is 1.16. The second kappa shape index (κ2) is 5.23. The number of rotatable bonds is 3. The summed E-state index contributed by atoms with van der Waals surface area (Å²) in [6.45, 7) is 2.00. The summed E-state index contributed by atoms with van der Waals surface area (Å²) in [5.41, 5.74) is 2.55. The van der Waals surface area contributed by atoms with E-state index in [1.165, 1.54) is 13.4 Å². The van der Waals surface area contributed by atoms with Crippen LogP contribution in [0.1, 0.15) is 5.56 Å². The minimum atomic E-state index is 0.283. The quantitative estimate of drug-likeness (QED) is 0.799. The molecule has 0 amide bonds. The molecule has 0 unspecified atom stereocenters. The minimum absolute atomic E-state index is 0.283. The lowest BCUT2D eigenvalue weighted by Crippen LogP contribution is -1.97. The molecule has 2 aromatic rings. The van der Waals surface area contributed by atoms with Crippen molar-refractivity contribution < 1.29 is 9.47 Å². The number of ether oxygens (including phenoxy) is 2. The topological polar surface area (TPSA) is 44.2 Å². The molecule has 1 heterocycles. The summed E-state index contributed by atoms with van der Waals surface area (Å²) in [6, 6.07) is 5.83. The summed E-state index contributed by atoms with van der Waals surface area (Å²) >= 11 is 6.00. The number of hydrogen-bond acceptors (Lipinski definition) is 4. The van der Waals surface area contributed by atoms with Crippen molar-refractivity contribution in [2.75, 3.05) is 14.2 Å². The predicted molar refractivity (Wildman–Crippen MR) is 70.3 cm³/mol. The number of halogens is 1. The fourth-order valence-electron chi connectivity index (χ4n) is 1.73. The van der Waals surface area contributed by atoms with Crippen LogP contribution in [0.25, 0.3) is 11.3 Å². The fraction of sp³-hybridized carbons (Fsp3) is 0.231. The van der Waals surface area contributed by atoms with Crippen LogP contribution in [-0.4, -0.2) is 24.2 Å². The molecule has 0 saturated carbocycles. The Hall–Kier alpha value is -1.81. The Morgan fingerprint density at radius 1 is 1.11 bits per heavy atom. The van der Waals surface area contributed by atoms with Crippen LogP contribution in [0.2, 0.25) is 5.15 Å². The number of aromatic nitrogens is 2. The van der Waals surface area contributed by atoms with Crippen LogP contribution in [0, 0.1) is 6.92 Å². The Morgan fingerprint density at radius 2 is 1.89 bits per heavy atom. The molecule has 0 radical (unpaired) electrons. The Balaban J connectivity index is 2.68. The van der Waals surface area contributed by atoms with Crippen LogP contribution in [0.5, 0.6) is 11.5 Å². The first kappa shape index (κ1) is 12.6. The lowest BCUT2D eigenvalue weighted by atomic mass is 10.1. The van der Waals surface area contributed by atoms with Crippen molar-refractivity contribution in [3.05, 3.63) is 35.2 Å². The molecule has 4 nitrogen and oxygen atoms in total. The molecule has 0 fully saturated rings. The second-order valence-corrected chi connectivity index (χ2v) is 4.11. The lowest BCUT2D eigenvalue weighted by Gasteiger charge is -2.12. The van der Waals surface area contributed by atoms with E-state index < -0.39 is 0 Å². The zero-order valence-electron chi connectivity index (χ0n) is 10.4. The van der Waals surface area contributed by atoms with Gasteiger partial charge in [-0.25, -0.2) is 9.97 Å². The van der Waals surface area contributed by atoms with E-state index in [-0.39, 0.29) is 5.15 Å². The molecule has 0 spiro atoms. The van der Waals surface area contributed by atoms with Gasteiger partial charge in [0, 0.05) is 5.56 Å². The molecule has 0 saturated heterocycles. The monoisotopic (exact) mass is 264 g/mol. The van der Waals surface area contributed by atoms with E-state index in [9.17, 15) is 0 Å². The maximum atomic E-state index is 6.00. The number of hydrogen-bond donors (Lipinski definition) is 0. The number of benzene rings is 1. The Kier molecular flexibility index (Phi) is 3.67. The third kappa shape index (κ3) is 2.24. The van der Waals surface area contributed by atoms with Gasteiger partial charge < -0.3 is 9.47 Å². The van der Waals surface area contributed by atoms with Crippen molar-refractivity contribution >= 4 is 11.6 Å². The van der Waals surface area contributed by atoms with E-state index >= 15 is 0 Å². The highest BCUT2D eigenvalue weighted by Crippen LogP contribution is 2.37. The van der Waals surface area contributed by atoms with Crippen molar-refractivity contribution in [3.8, 4) is 22.8 Å². The van der Waals surface area contributed by atoms with Crippen molar-refractivity contribution in [1.29, 1.82) is 0 Å². The minimum Gasteiger partial charge on any atom is -0.496 e. The molecular weight excluding hydrogens is 252 g/mol. The first-order valence-corrected chi connectivity index (χ1v) is 5.74. The Bertz CT molecular complexity index is 573. The van der Waals surface area contributed by atoms with Gasteiger partial charge in [0.25, 0.3) is 0 Å². The average Bonchev–Trinajstić information content (AvgIpc) is 2.38. The van der Waals surface area contributed by atoms with Crippen molar-refractivity contribution in [2.24, 2.45) is 0 Å². The first-order chi connectivity index (χ1) is 8.67. The van der Waals surface area contributed by atoms with Crippen LogP contribution in [0.15, 0.2) is 24.5 Å². The van der Waals surface area contributed by atoms with E-state index in [0.29, 0.717) is 17.2 Å². The van der Waals surface area contributed by atoms with Gasteiger partial charge in [0.2, 0.25) is 0 Å². The molecule has 1 aromatic heterocycles. The summed E-state index contributed by atoms with van der Waals surface area (Å²) < 4.78 is 10.6. The normalized spacial score (nSPS) is 10.2. The smallest absolute Gasteiger partial charge is 0.182 e. The number of methoxy groups -OCH3 is 2. The van der Waals surface area contributed by atoms with Gasteiger partial charge in [-0.15, -0.1) is 0 Å². The summed E-state index contributed by atoms with van der Waals surface area (Å²) in [5, 5.41) is 0.283. The third-order valence-electron chi connectivity index (χ3n) is 2.57. The van der Waals surface area contributed by atoms with Gasteiger partial charge in [-0.2, -0.15) is 0 Å². The molecule has 0 atom stereocenters.